The van der Waals surface area contributed by atoms with E-state index in [1.165, 1.54) is 11.1 Å². The molecule has 0 unspecified atom stereocenters. The third-order valence-electron chi connectivity index (χ3n) is 2.22. The SMILES string of the molecule is Cc1cc(C=O)ccc1-c1ccsc1. The molecule has 0 amide bonds. The van der Waals surface area contributed by atoms with Crippen molar-refractivity contribution in [2.24, 2.45) is 0 Å². The van der Waals surface area contributed by atoms with E-state index < -0.39 is 0 Å². The van der Waals surface area contributed by atoms with Crippen LogP contribution in [-0.2, 0) is 0 Å². The summed E-state index contributed by atoms with van der Waals surface area (Å²) in [5.41, 5.74) is 4.32. The van der Waals surface area contributed by atoms with Crippen LogP contribution < -0.4 is 0 Å². The Kier molecular flexibility index (Phi) is 2.46. The highest BCUT2D eigenvalue weighted by atomic mass is 32.1. The lowest BCUT2D eigenvalue weighted by molar-refractivity contribution is 0.112. The predicted octanol–water partition coefficient (Wildman–Crippen LogP) is 3.54. The third kappa shape index (κ3) is 1.61. The topological polar surface area (TPSA) is 17.1 Å². The Morgan fingerprint density at radius 1 is 1.29 bits per heavy atom. The van der Waals surface area contributed by atoms with Crippen LogP contribution in [0.5, 0.6) is 0 Å². The summed E-state index contributed by atoms with van der Waals surface area (Å²) in [6.45, 7) is 2.03. The first kappa shape index (κ1) is 9.16. The van der Waals surface area contributed by atoms with Crippen LogP contribution >= 0.6 is 11.3 Å². The van der Waals surface area contributed by atoms with Crippen molar-refractivity contribution >= 4 is 17.6 Å². The zero-order valence-corrected chi connectivity index (χ0v) is 8.67. The number of aryl methyl sites for hydroxylation is 1. The highest BCUT2D eigenvalue weighted by Gasteiger charge is 2.02. The standard InChI is InChI=1S/C12H10OS/c1-9-6-10(7-13)2-3-12(9)11-4-5-14-8-11/h2-8H,1H3. The van der Waals surface area contributed by atoms with Crippen LogP contribution in [0.25, 0.3) is 11.1 Å². The van der Waals surface area contributed by atoms with Crippen LogP contribution in [0.4, 0.5) is 0 Å². The fourth-order valence-electron chi connectivity index (χ4n) is 1.50. The molecule has 1 nitrogen and oxygen atoms in total. The zero-order chi connectivity index (χ0) is 9.97. The van der Waals surface area contributed by atoms with Crippen LogP contribution in [0.1, 0.15) is 15.9 Å². The number of thiophene rings is 1. The summed E-state index contributed by atoms with van der Waals surface area (Å²) < 4.78 is 0. The Morgan fingerprint density at radius 2 is 2.14 bits per heavy atom. The normalized spacial score (nSPS) is 10.1. The van der Waals surface area contributed by atoms with Crippen LogP contribution in [0.2, 0.25) is 0 Å². The molecule has 0 fully saturated rings. The molecule has 2 heteroatoms. The van der Waals surface area contributed by atoms with Gasteiger partial charge in [-0.15, -0.1) is 0 Å². The Morgan fingerprint density at radius 3 is 2.71 bits per heavy atom. The summed E-state index contributed by atoms with van der Waals surface area (Å²) in [6, 6.07) is 7.86. The quantitative estimate of drug-likeness (QED) is 0.681. The maximum absolute atomic E-state index is 10.6. The molecular formula is C12H10OS. The van der Waals surface area contributed by atoms with Gasteiger partial charge in [0, 0.05) is 5.56 Å². The summed E-state index contributed by atoms with van der Waals surface area (Å²) in [7, 11) is 0. The van der Waals surface area contributed by atoms with E-state index in [0.29, 0.717) is 0 Å². The first-order chi connectivity index (χ1) is 6.81. The molecule has 2 aromatic rings. The molecule has 0 bridgehead atoms. The monoisotopic (exact) mass is 202 g/mol. The minimum atomic E-state index is 0.737. The van der Waals surface area contributed by atoms with E-state index in [-0.39, 0.29) is 0 Å². The first-order valence-electron chi connectivity index (χ1n) is 4.39. The lowest BCUT2D eigenvalue weighted by Crippen LogP contribution is -1.85. The van der Waals surface area contributed by atoms with E-state index >= 15 is 0 Å². The molecule has 0 radical (unpaired) electrons. The van der Waals surface area contributed by atoms with E-state index in [2.05, 4.69) is 16.8 Å². The van der Waals surface area contributed by atoms with E-state index in [1.54, 1.807) is 11.3 Å². The van der Waals surface area contributed by atoms with Crippen molar-refractivity contribution in [1.82, 2.24) is 0 Å². The minimum Gasteiger partial charge on any atom is -0.298 e. The molecule has 1 heterocycles. The molecule has 0 saturated carbocycles. The number of hydrogen-bond donors (Lipinski definition) is 0. The molecule has 0 N–H and O–H groups in total. The van der Waals surface area contributed by atoms with E-state index in [9.17, 15) is 4.79 Å². The van der Waals surface area contributed by atoms with Crippen molar-refractivity contribution in [3.63, 3.8) is 0 Å². The van der Waals surface area contributed by atoms with Gasteiger partial charge in [-0.2, -0.15) is 11.3 Å². The number of hydrogen-bond acceptors (Lipinski definition) is 2. The fourth-order valence-corrected chi connectivity index (χ4v) is 2.16. The summed E-state index contributed by atoms with van der Waals surface area (Å²) in [4.78, 5) is 10.6. The van der Waals surface area contributed by atoms with Crippen molar-refractivity contribution in [2.45, 2.75) is 6.92 Å². The van der Waals surface area contributed by atoms with Gasteiger partial charge in [0.05, 0.1) is 0 Å². The largest absolute Gasteiger partial charge is 0.298 e. The summed E-state index contributed by atoms with van der Waals surface area (Å²) >= 11 is 1.68. The second-order valence-corrected chi connectivity index (χ2v) is 3.98. The van der Waals surface area contributed by atoms with Crippen molar-refractivity contribution in [2.75, 3.05) is 0 Å². The summed E-state index contributed by atoms with van der Waals surface area (Å²) in [5, 5.41) is 4.17. The number of carbonyl (C=O) groups excluding carboxylic acids is 1. The smallest absolute Gasteiger partial charge is 0.150 e. The Labute approximate surface area is 87.0 Å². The number of aldehydes is 1. The first-order valence-corrected chi connectivity index (χ1v) is 5.34. The predicted molar refractivity (Wildman–Crippen MR) is 59.9 cm³/mol. The lowest BCUT2D eigenvalue weighted by atomic mass is 10.0. The van der Waals surface area contributed by atoms with Crippen molar-refractivity contribution < 1.29 is 4.79 Å². The fraction of sp³-hybridized carbons (Fsp3) is 0.0833. The Balaban J connectivity index is 2.51. The van der Waals surface area contributed by atoms with Gasteiger partial charge in [-0.25, -0.2) is 0 Å². The number of carbonyl (C=O) groups is 1. The lowest BCUT2D eigenvalue weighted by Gasteiger charge is -2.03. The van der Waals surface area contributed by atoms with Crippen LogP contribution in [0.3, 0.4) is 0 Å². The maximum Gasteiger partial charge on any atom is 0.150 e. The molecule has 70 valence electrons. The van der Waals surface area contributed by atoms with Crippen molar-refractivity contribution in [3.05, 3.63) is 46.2 Å². The number of benzene rings is 1. The van der Waals surface area contributed by atoms with E-state index in [0.717, 1.165) is 17.4 Å². The van der Waals surface area contributed by atoms with Gasteiger partial charge in [0.1, 0.15) is 6.29 Å². The Hall–Kier alpha value is -1.41. The molecule has 14 heavy (non-hydrogen) atoms. The molecule has 0 aliphatic heterocycles. The van der Waals surface area contributed by atoms with Gasteiger partial charge < -0.3 is 0 Å². The van der Waals surface area contributed by atoms with Gasteiger partial charge in [-0.05, 0) is 46.5 Å². The molecule has 0 spiro atoms. The molecule has 0 saturated heterocycles. The maximum atomic E-state index is 10.6. The second-order valence-electron chi connectivity index (χ2n) is 3.20. The molecule has 0 atom stereocenters. The molecule has 1 aromatic heterocycles. The van der Waals surface area contributed by atoms with Crippen LogP contribution in [0, 0.1) is 6.92 Å². The minimum absolute atomic E-state index is 0.737. The summed E-state index contributed by atoms with van der Waals surface area (Å²) in [5.74, 6) is 0. The molecule has 2 rings (SSSR count). The molecule has 1 aromatic carbocycles. The van der Waals surface area contributed by atoms with E-state index in [1.807, 2.05) is 25.1 Å². The van der Waals surface area contributed by atoms with Gasteiger partial charge in [-0.3, -0.25) is 4.79 Å². The Bertz CT molecular complexity index is 443. The molecule has 0 aliphatic carbocycles. The van der Waals surface area contributed by atoms with Crippen molar-refractivity contribution in [3.8, 4) is 11.1 Å². The average molecular weight is 202 g/mol. The second kappa shape index (κ2) is 3.76. The molecule has 0 aliphatic rings. The van der Waals surface area contributed by atoms with Gasteiger partial charge in [0.15, 0.2) is 0 Å². The van der Waals surface area contributed by atoms with Gasteiger partial charge in [0.25, 0.3) is 0 Å². The van der Waals surface area contributed by atoms with Crippen LogP contribution in [-0.4, -0.2) is 6.29 Å². The average Bonchev–Trinajstić information content (AvgIpc) is 2.70. The van der Waals surface area contributed by atoms with Crippen molar-refractivity contribution in [1.29, 1.82) is 0 Å². The number of rotatable bonds is 2. The highest BCUT2D eigenvalue weighted by molar-refractivity contribution is 7.08. The van der Waals surface area contributed by atoms with Gasteiger partial charge in [-0.1, -0.05) is 12.1 Å². The van der Waals surface area contributed by atoms with Gasteiger partial charge >= 0.3 is 0 Å². The van der Waals surface area contributed by atoms with E-state index in [4.69, 9.17) is 0 Å². The third-order valence-corrected chi connectivity index (χ3v) is 2.90. The highest BCUT2D eigenvalue weighted by Crippen LogP contribution is 2.25. The molecular weight excluding hydrogens is 192 g/mol. The zero-order valence-electron chi connectivity index (χ0n) is 7.86. The summed E-state index contributed by atoms with van der Waals surface area (Å²) in [6.07, 6.45) is 0.879. The van der Waals surface area contributed by atoms with Gasteiger partial charge in [0.2, 0.25) is 0 Å². The van der Waals surface area contributed by atoms with Crippen LogP contribution in [0.15, 0.2) is 35.0 Å².